The molecular formula is C22H11Cl2F6N5O. The minimum absolute atomic E-state index is 0.126. The fraction of sp³-hybridized carbons (Fsp3) is 0.136. The molecule has 0 amide bonds. The molecule has 36 heavy (non-hydrogen) atoms. The van der Waals surface area contributed by atoms with E-state index in [0.29, 0.717) is 21.6 Å². The number of benzene rings is 2. The van der Waals surface area contributed by atoms with Gasteiger partial charge in [0.2, 0.25) is 5.82 Å². The van der Waals surface area contributed by atoms with Crippen molar-refractivity contribution in [1.29, 1.82) is 0 Å². The van der Waals surface area contributed by atoms with Crippen LogP contribution in [0.5, 0.6) is 5.75 Å². The first-order chi connectivity index (χ1) is 16.8. The first-order valence-electron chi connectivity index (χ1n) is 9.65. The van der Waals surface area contributed by atoms with Gasteiger partial charge in [0.15, 0.2) is 11.3 Å². The summed E-state index contributed by atoms with van der Waals surface area (Å²) < 4.78 is 85.6. The van der Waals surface area contributed by atoms with E-state index < -0.39 is 40.7 Å². The normalized spacial score (nSPS) is 11.9. The maximum atomic E-state index is 13.5. The lowest BCUT2D eigenvalue weighted by molar-refractivity contribution is -0.151. The van der Waals surface area contributed by atoms with Gasteiger partial charge in [-0.15, -0.1) is 5.10 Å². The van der Waals surface area contributed by atoms with Crippen molar-refractivity contribution in [2.75, 3.05) is 12.8 Å². The molecule has 14 heteroatoms. The Balaban J connectivity index is 1.83. The summed E-state index contributed by atoms with van der Waals surface area (Å²) in [6.07, 6.45) is -10.5. The average Bonchev–Trinajstić information content (AvgIpc) is 3.11. The third-order valence-corrected chi connectivity index (χ3v) is 5.34. The van der Waals surface area contributed by atoms with Crippen LogP contribution in [0.1, 0.15) is 22.6 Å². The van der Waals surface area contributed by atoms with E-state index in [1.807, 2.05) is 0 Å². The van der Waals surface area contributed by atoms with Crippen LogP contribution in [0.15, 0.2) is 36.4 Å². The third-order valence-electron chi connectivity index (χ3n) is 4.76. The number of rotatable bonds is 2. The first kappa shape index (κ1) is 25.4. The van der Waals surface area contributed by atoms with E-state index in [2.05, 4.69) is 26.9 Å². The highest BCUT2D eigenvalue weighted by atomic mass is 35.5. The predicted octanol–water partition coefficient (Wildman–Crippen LogP) is 6.15. The molecule has 4 aromatic rings. The molecular weight excluding hydrogens is 535 g/mol. The number of anilines is 1. The number of ether oxygens (including phenoxy) is 1. The number of nitrogen functional groups attached to an aromatic ring is 1. The second kappa shape index (κ2) is 9.07. The summed E-state index contributed by atoms with van der Waals surface area (Å²) in [6, 6.07) is 9.55. The Kier molecular flexibility index (Phi) is 6.40. The number of alkyl halides is 6. The van der Waals surface area contributed by atoms with Crippen LogP contribution in [0, 0.1) is 11.8 Å². The van der Waals surface area contributed by atoms with Gasteiger partial charge in [-0.25, -0.2) is 14.6 Å². The number of nitrogens with zero attached hydrogens (tertiary/aromatic N) is 4. The number of halogens is 8. The Morgan fingerprint density at radius 3 is 2.00 bits per heavy atom. The summed E-state index contributed by atoms with van der Waals surface area (Å²) in [5.41, 5.74) is 3.84. The number of hydrogen-bond acceptors (Lipinski definition) is 5. The van der Waals surface area contributed by atoms with Crippen molar-refractivity contribution >= 4 is 40.1 Å². The third kappa shape index (κ3) is 4.84. The molecule has 2 N–H and O–H groups in total. The van der Waals surface area contributed by atoms with Gasteiger partial charge in [-0.1, -0.05) is 35.0 Å². The van der Waals surface area contributed by atoms with E-state index in [1.165, 1.54) is 19.2 Å². The molecule has 0 saturated heterocycles. The molecule has 4 rings (SSSR count). The molecule has 0 fully saturated rings. The molecule has 2 aromatic carbocycles. The quantitative estimate of drug-likeness (QED) is 0.241. The summed E-state index contributed by atoms with van der Waals surface area (Å²) in [5, 5.41) is 2.54. The standard InChI is InChI=1S/C22H11Cl2F6N5O/c1-36-12-6-4-10(5-7-12)2-3-11-8-13(23)16(14(24)9-11)35-18(31)15-17(21(25,26)27)32-20(22(28,29)30)33-19(15)34-35/h4-9H,31H2,1H3. The van der Waals surface area contributed by atoms with Gasteiger partial charge in [0.25, 0.3) is 0 Å². The van der Waals surface area contributed by atoms with Crippen LogP contribution in [-0.4, -0.2) is 26.9 Å². The zero-order valence-electron chi connectivity index (χ0n) is 17.8. The van der Waals surface area contributed by atoms with E-state index in [9.17, 15) is 26.3 Å². The van der Waals surface area contributed by atoms with Crippen LogP contribution < -0.4 is 10.5 Å². The molecule has 0 aliphatic heterocycles. The zero-order valence-corrected chi connectivity index (χ0v) is 19.3. The minimum Gasteiger partial charge on any atom is -0.497 e. The molecule has 0 aliphatic rings. The second-order valence-corrected chi connectivity index (χ2v) is 7.97. The van der Waals surface area contributed by atoms with Crippen molar-refractivity contribution in [3.63, 3.8) is 0 Å². The van der Waals surface area contributed by atoms with E-state index in [4.69, 9.17) is 33.7 Å². The van der Waals surface area contributed by atoms with Gasteiger partial charge in [0.1, 0.15) is 17.3 Å². The Morgan fingerprint density at radius 1 is 0.889 bits per heavy atom. The molecule has 6 nitrogen and oxygen atoms in total. The van der Waals surface area contributed by atoms with Gasteiger partial charge in [0, 0.05) is 11.1 Å². The number of nitrogens with two attached hydrogens (primary N) is 1. The molecule has 2 heterocycles. The van der Waals surface area contributed by atoms with Crippen molar-refractivity contribution in [3.05, 3.63) is 69.1 Å². The molecule has 0 aliphatic carbocycles. The Morgan fingerprint density at radius 2 is 1.47 bits per heavy atom. The fourth-order valence-electron chi connectivity index (χ4n) is 3.17. The van der Waals surface area contributed by atoms with Gasteiger partial charge in [-0.3, -0.25) is 0 Å². The Labute approximate surface area is 208 Å². The van der Waals surface area contributed by atoms with Crippen LogP contribution in [-0.2, 0) is 12.4 Å². The lowest BCUT2D eigenvalue weighted by Gasteiger charge is -2.11. The average molecular weight is 546 g/mol. The van der Waals surface area contributed by atoms with E-state index >= 15 is 0 Å². The van der Waals surface area contributed by atoms with Crippen molar-refractivity contribution in [1.82, 2.24) is 19.7 Å². The predicted molar refractivity (Wildman–Crippen MR) is 120 cm³/mol. The van der Waals surface area contributed by atoms with Gasteiger partial charge in [-0.2, -0.15) is 26.3 Å². The highest BCUT2D eigenvalue weighted by Crippen LogP contribution is 2.40. The minimum atomic E-state index is -5.28. The van der Waals surface area contributed by atoms with Crippen molar-refractivity contribution < 1.29 is 31.1 Å². The van der Waals surface area contributed by atoms with Crippen LogP contribution in [0.25, 0.3) is 16.7 Å². The summed E-state index contributed by atoms with van der Waals surface area (Å²) in [4.78, 5) is 5.76. The second-order valence-electron chi connectivity index (χ2n) is 7.15. The topological polar surface area (TPSA) is 78.8 Å². The Hall–Kier alpha value is -3.69. The molecule has 0 bridgehead atoms. The van der Waals surface area contributed by atoms with Crippen molar-refractivity contribution in [2.45, 2.75) is 12.4 Å². The van der Waals surface area contributed by atoms with E-state index in [-0.39, 0.29) is 15.7 Å². The van der Waals surface area contributed by atoms with Gasteiger partial charge >= 0.3 is 12.4 Å². The molecule has 0 saturated carbocycles. The largest absolute Gasteiger partial charge is 0.497 e. The van der Waals surface area contributed by atoms with Gasteiger partial charge in [0.05, 0.1) is 22.5 Å². The number of methoxy groups -OCH3 is 1. The molecule has 0 spiro atoms. The zero-order chi connectivity index (χ0) is 26.4. The number of hydrogen-bond donors (Lipinski definition) is 1. The van der Waals surface area contributed by atoms with Crippen molar-refractivity contribution in [3.8, 4) is 23.3 Å². The molecule has 0 radical (unpaired) electrons. The van der Waals surface area contributed by atoms with E-state index in [0.717, 1.165) is 0 Å². The fourth-order valence-corrected chi connectivity index (χ4v) is 3.82. The van der Waals surface area contributed by atoms with Crippen LogP contribution in [0.2, 0.25) is 10.0 Å². The Bertz CT molecular complexity index is 1510. The maximum absolute atomic E-state index is 13.5. The highest BCUT2D eigenvalue weighted by molar-refractivity contribution is 6.38. The van der Waals surface area contributed by atoms with Crippen LogP contribution in [0.3, 0.4) is 0 Å². The van der Waals surface area contributed by atoms with Crippen molar-refractivity contribution in [2.24, 2.45) is 0 Å². The molecule has 0 atom stereocenters. The lowest BCUT2D eigenvalue weighted by Crippen LogP contribution is -2.17. The molecule has 0 unspecified atom stereocenters. The molecule has 186 valence electrons. The smallest absolute Gasteiger partial charge is 0.451 e. The lowest BCUT2D eigenvalue weighted by atomic mass is 10.1. The van der Waals surface area contributed by atoms with Gasteiger partial charge in [-0.05, 0) is 36.4 Å². The summed E-state index contributed by atoms with van der Waals surface area (Å²) >= 11 is 12.6. The van der Waals surface area contributed by atoms with Crippen LogP contribution in [0.4, 0.5) is 32.2 Å². The number of fused-ring (bicyclic) bond motifs is 1. The summed E-state index contributed by atoms with van der Waals surface area (Å²) in [5.74, 6) is 3.64. The first-order valence-corrected chi connectivity index (χ1v) is 10.4. The van der Waals surface area contributed by atoms with E-state index in [1.54, 1.807) is 24.3 Å². The summed E-state index contributed by atoms with van der Waals surface area (Å²) in [7, 11) is 1.52. The monoisotopic (exact) mass is 545 g/mol. The summed E-state index contributed by atoms with van der Waals surface area (Å²) in [6.45, 7) is 0. The highest BCUT2D eigenvalue weighted by Gasteiger charge is 2.43. The maximum Gasteiger partial charge on any atom is 0.451 e. The number of aromatic nitrogens is 4. The van der Waals surface area contributed by atoms with Crippen LogP contribution >= 0.6 is 23.2 Å². The SMILES string of the molecule is COc1ccc(C#Cc2cc(Cl)c(-n3nc4nc(C(F)(F)F)nc(C(F)(F)F)c4c3N)c(Cl)c2)cc1. The van der Waals surface area contributed by atoms with Gasteiger partial charge < -0.3 is 10.5 Å². The molecule has 2 aromatic heterocycles.